The molecular formula is C29H26FNO4. The Bertz CT molecular complexity index is 1230. The lowest BCUT2D eigenvalue weighted by molar-refractivity contribution is -0.0748. The molecule has 2 bridgehead atoms. The van der Waals surface area contributed by atoms with Gasteiger partial charge in [-0.2, -0.15) is 0 Å². The van der Waals surface area contributed by atoms with Crippen LogP contribution in [0.3, 0.4) is 0 Å². The molecule has 1 aliphatic carbocycles. The summed E-state index contributed by atoms with van der Waals surface area (Å²) in [5.74, 6) is -1.06. The first kappa shape index (κ1) is 22.0. The molecule has 6 rings (SSSR count). The van der Waals surface area contributed by atoms with Crippen LogP contribution in [0.2, 0.25) is 0 Å². The summed E-state index contributed by atoms with van der Waals surface area (Å²) in [6.07, 6.45) is 0.504. The summed E-state index contributed by atoms with van der Waals surface area (Å²) >= 11 is 0. The van der Waals surface area contributed by atoms with Crippen molar-refractivity contribution in [2.45, 2.75) is 30.8 Å². The van der Waals surface area contributed by atoms with Gasteiger partial charge in [0, 0.05) is 11.8 Å². The molecule has 0 N–H and O–H groups in total. The largest absolute Gasteiger partial charge is 0.448 e. The third-order valence-electron chi connectivity index (χ3n) is 7.58. The second kappa shape index (κ2) is 8.93. The number of benzene rings is 3. The van der Waals surface area contributed by atoms with Crippen LogP contribution in [0.5, 0.6) is 0 Å². The van der Waals surface area contributed by atoms with Crippen LogP contribution in [0, 0.1) is 11.7 Å². The first-order valence-electron chi connectivity index (χ1n) is 12.1. The van der Waals surface area contributed by atoms with E-state index in [2.05, 4.69) is 24.3 Å². The SMILES string of the molecule is O=C(c1ccccc1F)C1CC2COCC(C1)N2C(=O)OCC1c2ccccc2-c2ccccc21. The van der Waals surface area contributed by atoms with Crippen LogP contribution in [0.1, 0.15) is 40.2 Å². The minimum absolute atomic E-state index is 0.0115. The molecule has 0 spiro atoms. The molecule has 1 amide bonds. The Labute approximate surface area is 203 Å². The van der Waals surface area contributed by atoms with Crippen molar-refractivity contribution in [2.75, 3.05) is 19.8 Å². The van der Waals surface area contributed by atoms with Crippen LogP contribution >= 0.6 is 0 Å². The number of hydrogen-bond acceptors (Lipinski definition) is 4. The maximum atomic E-state index is 14.2. The van der Waals surface area contributed by atoms with Gasteiger partial charge in [0.05, 0.1) is 30.9 Å². The van der Waals surface area contributed by atoms with Crippen molar-refractivity contribution < 1.29 is 23.5 Å². The van der Waals surface area contributed by atoms with Gasteiger partial charge in [0.25, 0.3) is 0 Å². The monoisotopic (exact) mass is 471 g/mol. The topological polar surface area (TPSA) is 55.8 Å². The van der Waals surface area contributed by atoms with E-state index in [-0.39, 0.29) is 48.0 Å². The predicted molar refractivity (Wildman–Crippen MR) is 129 cm³/mol. The summed E-state index contributed by atoms with van der Waals surface area (Å²) in [5.41, 5.74) is 4.81. The molecule has 3 aliphatic rings. The van der Waals surface area contributed by atoms with E-state index in [0.29, 0.717) is 26.1 Å². The first-order chi connectivity index (χ1) is 17.1. The summed E-state index contributed by atoms with van der Waals surface area (Å²) in [6.45, 7) is 0.949. The van der Waals surface area contributed by atoms with Crippen molar-refractivity contribution in [2.24, 2.45) is 5.92 Å². The Morgan fingerprint density at radius 3 is 2.06 bits per heavy atom. The predicted octanol–water partition coefficient (Wildman–Crippen LogP) is 5.44. The van der Waals surface area contributed by atoms with Gasteiger partial charge >= 0.3 is 6.09 Å². The van der Waals surface area contributed by atoms with Crippen LogP contribution in [-0.4, -0.2) is 48.7 Å². The smallest absolute Gasteiger partial charge is 0.410 e. The third kappa shape index (κ3) is 3.82. The summed E-state index contributed by atoms with van der Waals surface area (Å²) in [7, 11) is 0. The summed E-state index contributed by atoms with van der Waals surface area (Å²) < 4.78 is 25.8. The zero-order chi connectivity index (χ0) is 23.9. The summed E-state index contributed by atoms with van der Waals surface area (Å²) in [6, 6.07) is 22.0. The number of halogens is 1. The quantitative estimate of drug-likeness (QED) is 0.476. The van der Waals surface area contributed by atoms with Gasteiger partial charge in [0.1, 0.15) is 12.4 Å². The molecule has 2 fully saturated rings. The number of morpholine rings is 1. The van der Waals surface area contributed by atoms with Gasteiger partial charge in [-0.25, -0.2) is 9.18 Å². The van der Waals surface area contributed by atoms with Gasteiger partial charge in [0.2, 0.25) is 0 Å². The molecule has 6 heteroatoms. The number of fused-ring (bicyclic) bond motifs is 5. The highest BCUT2D eigenvalue weighted by molar-refractivity contribution is 5.98. The number of amides is 1. The van der Waals surface area contributed by atoms with Gasteiger partial charge in [-0.05, 0) is 47.2 Å². The molecule has 2 heterocycles. The maximum absolute atomic E-state index is 14.2. The van der Waals surface area contributed by atoms with E-state index in [9.17, 15) is 14.0 Å². The molecule has 2 aliphatic heterocycles. The van der Waals surface area contributed by atoms with Crippen LogP contribution in [0.15, 0.2) is 72.8 Å². The van der Waals surface area contributed by atoms with Crippen LogP contribution in [0.4, 0.5) is 9.18 Å². The average Bonchev–Trinajstić information content (AvgIpc) is 3.20. The number of carbonyl (C=O) groups excluding carboxylic acids is 2. The van der Waals surface area contributed by atoms with Crippen molar-refractivity contribution in [1.29, 1.82) is 0 Å². The van der Waals surface area contributed by atoms with E-state index in [1.165, 1.54) is 34.4 Å². The lowest BCUT2D eigenvalue weighted by Crippen LogP contribution is -2.60. The molecule has 2 unspecified atom stereocenters. The van der Waals surface area contributed by atoms with Crippen molar-refractivity contribution in [1.82, 2.24) is 4.90 Å². The molecule has 3 aromatic rings. The molecule has 0 radical (unpaired) electrons. The lowest BCUT2D eigenvalue weighted by Gasteiger charge is -2.47. The Balaban J connectivity index is 1.17. The Morgan fingerprint density at radius 1 is 0.857 bits per heavy atom. The fourth-order valence-corrected chi connectivity index (χ4v) is 5.98. The van der Waals surface area contributed by atoms with Crippen molar-refractivity contribution >= 4 is 11.9 Å². The van der Waals surface area contributed by atoms with Crippen LogP contribution < -0.4 is 0 Å². The van der Waals surface area contributed by atoms with E-state index < -0.39 is 5.82 Å². The molecule has 0 aromatic heterocycles. The van der Waals surface area contributed by atoms with Crippen molar-refractivity contribution in [3.8, 4) is 11.1 Å². The Morgan fingerprint density at radius 2 is 1.43 bits per heavy atom. The van der Waals surface area contributed by atoms with Gasteiger partial charge in [-0.15, -0.1) is 0 Å². The molecule has 5 nitrogen and oxygen atoms in total. The number of rotatable bonds is 4. The molecule has 2 saturated heterocycles. The van der Waals surface area contributed by atoms with Gasteiger partial charge in [-0.3, -0.25) is 9.69 Å². The molecule has 178 valence electrons. The lowest BCUT2D eigenvalue weighted by atomic mass is 9.81. The fourth-order valence-electron chi connectivity index (χ4n) is 5.98. The summed E-state index contributed by atoms with van der Waals surface area (Å²) in [5, 5.41) is 0. The second-order valence-corrected chi connectivity index (χ2v) is 9.57. The summed E-state index contributed by atoms with van der Waals surface area (Å²) in [4.78, 5) is 28.1. The van der Waals surface area contributed by atoms with E-state index in [4.69, 9.17) is 9.47 Å². The molecular weight excluding hydrogens is 445 g/mol. The number of piperidine rings is 1. The van der Waals surface area contributed by atoms with E-state index >= 15 is 0 Å². The number of ketones is 1. The number of carbonyl (C=O) groups is 2. The Kier molecular flexibility index (Phi) is 5.61. The van der Waals surface area contributed by atoms with Crippen LogP contribution in [-0.2, 0) is 9.47 Å². The number of ether oxygens (including phenoxy) is 2. The highest BCUT2D eigenvalue weighted by atomic mass is 19.1. The zero-order valence-electron chi connectivity index (χ0n) is 19.2. The molecule has 3 aromatic carbocycles. The minimum atomic E-state index is -0.502. The number of nitrogens with zero attached hydrogens (tertiary/aromatic N) is 1. The average molecular weight is 472 g/mol. The molecule has 0 saturated carbocycles. The number of Topliss-reactive ketones (excluding diaryl/α,β-unsaturated/α-hetero) is 1. The van der Waals surface area contributed by atoms with Gasteiger partial charge in [-0.1, -0.05) is 60.7 Å². The van der Waals surface area contributed by atoms with Gasteiger partial charge < -0.3 is 9.47 Å². The van der Waals surface area contributed by atoms with Crippen molar-refractivity contribution in [3.63, 3.8) is 0 Å². The third-order valence-corrected chi connectivity index (χ3v) is 7.58. The first-order valence-corrected chi connectivity index (χ1v) is 12.1. The second-order valence-electron chi connectivity index (χ2n) is 9.57. The molecule has 2 atom stereocenters. The van der Waals surface area contributed by atoms with Crippen molar-refractivity contribution in [3.05, 3.63) is 95.3 Å². The standard InChI is InChI=1S/C29H26FNO4/c30-27-12-6-5-11-25(27)28(32)18-13-19-15-34-16-20(14-18)31(19)29(33)35-17-26-23-9-3-1-7-21(23)22-8-2-4-10-24(22)26/h1-12,18-20,26H,13-17H2. The normalized spacial score (nSPS) is 22.9. The van der Waals surface area contributed by atoms with E-state index in [1.54, 1.807) is 17.0 Å². The van der Waals surface area contributed by atoms with E-state index in [1.807, 2.05) is 24.3 Å². The zero-order valence-corrected chi connectivity index (χ0v) is 19.2. The number of hydrogen-bond donors (Lipinski definition) is 0. The van der Waals surface area contributed by atoms with Gasteiger partial charge in [0.15, 0.2) is 5.78 Å². The molecule has 35 heavy (non-hydrogen) atoms. The fraction of sp³-hybridized carbons (Fsp3) is 0.310. The highest BCUT2D eigenvalue weighted by Gasteiger charge is 2.45. The Hall–Kier alpha value is -3.51. The highest BCUT2D eigenvalue weighted by Crippen LogP contribution is 2.44. The van der Waals surface area contributed by atoms with E-state index in [0.717, 1.165) is 0 Å². The maximum Gasteiger partial charge on any atom is 0.410 e. The van der Waals surface area contributed by atoms with Crippen LogP contribution in [0.25, 0.3) is 11.1 Å². The minimum Gasteiger partial charge on any atom is -0.448 e.